The van der Waals surface area contributed by atoms with Crippen LogP contribution in [0.15, 0.2) is 35.2 Å². The number of ether oxygens (including phenoxy) is 1. The van der Waals surface area contributed by atoms with Gasteiger partial charge in [-0.3, -0.25) is 9.59 Å². The van der Waals surface area contributed by atoms with E-state index in [0.717, 1.165) is 12.8 Å². The number of benzene rings is 1. The molecule has 0 radical (unpaired) electrons. The molecule has 0 saturated carbocycles. The summed E-state index contributed by atoms with van der Waals surface area (Å²) in [7, 11) is -3.73. The monoisotopic (exact) mass is 382 g/mol. The van der Waals surface area contributed by atoms with E-state index in [1.807, 2.05) is 0 Å². The lowest BCUT2D eigenvalue weighted by atomic mass is 10.0. The molecule has 0 aliphatic carbocycles. The van der Waals surface area contributed by atoms with Gasteiger partial charge in [0.1, 0.15) is 6.04 Å². The molecule has 1 aromatic rings. The number of carbonyl (C=O) groups excluding carboxylic acids is 2. The molecule has 0 spiro atoms. The zero-order valence-electron chi connectivity index (χ0n) is 15.2. The molecule has 1 N–H and O–H groups in total. The Morgan fingerprint density at radius 2 is 1.92 bits per heavy atom. The third kappa shape index (κ3) is 5.28. The van der Waals surface area contributed by atoms with Crippen molar-refractivity contribution in [2.45, 2.75) is 56.6 Å². The molecule has 2 rings (SSSR count). The van der Waals surface area contributed by atoms with E-state index < -0.39 is 22.0 Å². The summed E-state index contributed by atoms with van der Waals surface area (Å²) in [4.78, 5) is 24.2. The maximum Gasteiger partial charge on any atom is 0.307 e. The Labute approximate surface area is 154 Å². The van der Waals surface area contributed by atoms with Crippen LogP contribution in [0, 0.1) is 0 Å². The number of sulfonamides is 1. The fourth-order valence-electron chi connectivity index (χ4n) is 2.91. The van der Waals surface area contributed by atoms with Crippen LogP contribution >= 0.6 is 0 Å². The number of nitrogens with zero attached hydrogens (tertiary/aromatic N) is 1. The molecule has 0 bridgehead atoms. The van der Waals surface area contributed by atoms with Gasteiger partial charge in [0.2, 0.25) is 15.9 Å². The Bertz CT molecular complexity index is 718. The zero-order valence-corrected chi connectivity index (χ0v) is 16.0. The number of rotatable bonds is 7. The predicted molar refractivity (Wildman–Crippen MR) is 96.8 cm³/mol. The standard InChI is InChI=1S/C18H26N2O5S/c1-14(2)25-17(21)11-12-19-18(22)16-10-6-7-13-20(16)26(23,24)15-8-4-3-5-9-15/h3-5,8-9,14,16H,6-7,10-13H2,1-2H3,(H,19,22). The molecular formula is C18H26N2O5S. The van der Waals surface area contributed by atoms with Gasteiger partial charge < -0.3 is 10.1 Å². The van der Waals surface area contributed by atoms with Crippen LogP contribution in [-0.2, 0) is 24.3 Å². The second-order valence-corrected chi connectivity index (χ2v) is 8.41. The van der Waals surface area contributed by atoms with E-state index in [1.54, 1.807) is 32.0 Å². The number of piperidine rings is 1. The topological polar surface area (TPSA) is 92.8 Å². The molecular weight excluding hydrogens is 356 g/mol. The average molecular weight is 382 g/mol. The molecule has 1 unspecified atom stereocenters. The summed E-state index contributed by atoms with van der Waals surface area (Å²) in [6.45, 7) is 3.94. The van der Waals surface area contributed by atoms with Gasteiger partial charge in [-0.1, -0.05) is 24.6 Å². The Hall–Kier alpha value is -1.93. The molecule has 8 heteroatoms. The van der Waals surface area contributed by atoms with Crippen molar-refractivity contribution in [3.05, 3.63) is 30.3 Å². The number of hydrogen-bond donors (Lipinski definition) is 1. The molecule has 1 amide bonds. The lowest BCUT2D eigenvalue weighted by Crippen LogP contribution is -2.52. The molecule has 1 heterocycles. The van der Waals surface area contributed by atoms with E-state index in [9.17, 15) is 18.0 Å². The summed E-state index contributed by atoms with van der Waals surface area (Å²) in [6.07, 6.45) is 1.82. The third-order valence-corrected chi connectivity index (χ3v) is 6.02. The van der Waals surface area contributed by atoms with Crippen LogP contribution in [-0.4, -0.2) is 49.8 Å². The van der Waals surface area contributed by atoms with Crippen LogP contribution in [0.4, 0.5) is 0 Å². The second-order valence-electron chi connectivity index (χ2n) is 6.52. The first-order valence-corrected chi connectivity index (χ1v) is 10.3. The summed E-state index contributed by atoms with van der Waals surface area (Å²) in [6, 6.07) is 7.37. The summed E-state index contributed by atoms with van der Waals surface area (Å²) in [5, 5.41) is 2.66. The Balaban J connectivity index is 2.02. The van der Waals surface area contributed by atoms with Crippen molar-refractivity contribution in [2.24, 2.45) is 0 Å². The van der Waals surface area contributed by atoms with Crippen LogP contribution in [0.3, 0.4) is 0 Å². The summed E-state index contributed by atoms with van der Waals surface area (Å²) in [5.41, 5.74) is 0. The van der Waals surface area contributed by atoms with Crippen LogP contribution in [0.25, 0.3) is 0 Å². The molecule has 1 aliphatic rings. The van der Waals surface area contributed by atoms with Gasteiger partial charge in [0.05, 0.1) is 17.4 Å². The molecule has 7 nitrogen and oxygen atoms in total. The van der Waals surface area contributed by atoms with Crippen molar-refractivity contribution >= 4 is 21.9 Å². The van der Waals surface area contributed by atoms with Gasteiger partial charge in [0, 0.05) is 13.1 Å². The fourth-order valence-corrected chi connectivity index (χ4v) is 4.59. The molecule has 1 aliphatic heterocycles. The Morgan fingerprint density at radius 1 is 1.23 bits per heavy atom. The van der Waals surface area contributed by atoms with E-state index in [4.69, 9.17) is 4.74 Å². The highest BCUT2D eigenvalue weighted by atomic mass is 32.2. The second kappa shape index (κ2) is 9.14. The number of nitrogens with one attached hydrogen (secondary N) is 1. The largest absolute Gasteiger partial charge is 0.463 e. The van der Waals surface area contributed by atoms with Crippen molar-refractivity contribution in [3.63, 3.8) is 0 Å². The lowest BCUT2D eigenvalue weighted by molar-refractivity contribution is -0.147. The van der Waals surface area contributed by atoms with E-state index in [0.29, 0.717) is 13.0 Å². The first-order chi connectivity index (χ1) is 12.3. The highest BCUT2D eigenvalue weighted by molar-refractivity contribution is 7.89. The summed E-state index contributed by atoms with van der Waals surface area (Å²) < 4.78 is 32.0. The van der Waals surface area contributed by atoms with E-state index in [2.05, 4.69) is 5.32 Å². The molecule has 26 heavy (non-hydrogen) atoms. The fraction of sp³-hybridized carbons (Fsp3) is 0.556. The van der Waals surface area contributed by atoms with Gasteiger partial charge in [0.25, 0.3) is 0 Å². The predicted octanol–water partition coefficient (Wildman–Crippen LogP) is 1.69. The van der Waals surface area contributed by atoms with Crippen LogP contribution in [0.2, 0.25) is 0 Å². The smallest absolute Gasteiger partial charge is 0.307 e. The van der Waals surface area contributed by atoms with Crippen molar-refractivity contribution in [2.75, 3.05) is 13.1 Å². The molecule has 1 saturated heterocycles. The van der Waals surface area contributed by atoms with Crippen molar-refractivity contribution in [1.29, 1.82) is 0 Å². The number of esters is 1. The minimum absolute atomic E-state index is 0.0576. The maximum absolute atomic E-state index is 12.9. The van der Waals surface area contributed by atoms with Crippen molar-refractivity contribution in [1.82, 2.24) is 9.62 Å². The molecule has 0 aromatic heterocycles. The van der Waals surface area contributed by atoms with Crippen molar-refractivity contribution in [3.8, 4) is 0 Å². The summed E-state index contributed by atoms with van der Waals surface area (Å²) in [5.74, 6) is -0.765. The van der Waals surface area contributed by atoms with Gasteiger partial charge in [0.15, 0.2) is 0 Å². The van der Waals surface area contributed by atoms with Gasteiger partial charge in [-0.2, -0.15) is 4.31 Å². The lowest BCUT2D eigenvalue weighted by Gasteiger charge is -2.33. The summed E-state index contributed by atoms with van der Waals surface area (Å²) >= 11 is 0. The van der Waals surface area contributed by atoms with Crippen LogP contribution in [0.1, 0.15) is 39.5 Å². The third-order valence-electron chi connectivity index (χ3n) is 4.10. The van der Waals surface area contributed by atoms with Gasteiger partial charge in [-0.05, 0) is 38.8 Å². The first kappa shape index (κ1) is 20.4. The van der Waals surface area contributed by atoms with E-state index in [1.165, 1.54) is 16.4 Å². The minimum Gasteiger partial charge on any atom is -0.463 e. The number of carbonyl (C=O) groups is 2. The normalized spacial score (nSPS) is 18.5. The van der Waals surface area contributed by atoms with Crippen LogP contribution in [0.5, 0.6) is 0 Å². The van der Waals surface area contributed by atoms with E-state index in [-0.39, 0.29) is 29.9 Å². The quantitative estimate of drug-likeness (QED) is 0.725. The highest BCUT2D eigenvalue weighted by Gasteiger charge is 2.37. The average Bonchev–Trinajstić information content (AvgIpc) is 2.61. The molecule has 1 fully saturated rings. The Kier molecular flexibility index (Phi) is 7.16. The van der Waals surface area contributed by atoms with Gasteiger partial charge >= 0.3 is 5.97 Å². The molecule has 1 aromatic carbocycles. The number of amides is 1. The Morgan fingerprint density at radius 3 is 2.58 bits per heavy atom. The van der Waals surface area contributed by atoms with E-state index >= 15 is 0 Å². The minimum atomic E-state index is -3.73. The number of hydrogen-bond acceptors (Lipinski definition) is 5. The maximum atomic E-state index is 12.9. The van der Waals surface area contributed by atoms with Gasteiger partial charge in [-0.25, -0.2) is 8.42 Å². The first-order valence-electron chi connectivity index (χ1n) is 8.86. The zero-order chi connectivity index (χ0) is 19.2. The van der Waals surface area contributed by atoms with Crippen LogP contribution < -0.4 is 5.32 Å². The van der Waals surface area contributed by atoms with Gasteiger partial charge in [-0.15, -0.1) is 0 Å². The molecule has 144 valence electrons. The highest BCUT2D eigenvalue weighted by Crippen LogP contribution is 2.25. The SMILES string of the molecule is CC(C)OC(=O)CCNC(=O)C1CCCCN1S(=O)(=O)c1ccccc1. The van der Waals surface area contributed by atoms with Crippen molar-refractivity contribution < 1.29 is 22.7 Å². The molecule has 1 atom stereocenters.